The van der Waals surface area contributed by atoms with Crippen LogP contribution >= 0.6 is 0 Å². The van der Waals surface area contributed by atoms with Crippen molar-refractivity contribution in [3.8, 4) is 0 Å². The molecule has 2 N–H and O–H groups in total. The summed E-state index contributed by atoms with van der Waals surface area (Å²) in [5.41, 5.74) is 1.11. The zero-order valence-electron chi connectivity index (χ0n) is 9.37. The number of piperazine rings is 1. The minimum atomic E-state index is -0.353. The van der Waals surface area contributed by atoms with Gasteiger partial charge in [0.25, 0.3) is 0 Å². The van der Waals surface area contributed by atoms with Gasteiger partial charge in [0.1, 0.15) is 11.9 Å². The average molecular weight is 235 g/mol. The summed E-state index contributed by atoms with van der Waals surface area (Å²) in [5, 5.41) is 5.88. The molecule has 0 radical (unpaired) electrons. The summed E-state index contributed by atoms with van der Waals surface area (Å²) in [4.78, 5) is 14.0. The van der Waals surface area contributed by atoms with Gasteiger partial charge in [0, 0.05) is 31.7 Å². The number of halogens is 1. The van der Waals surface area contributed by atoms with E-state index in [1.165, 1.54) is 6.07 Å². The molecule has 0 spiro atoms. The predicted octanol–water partition coefficient (Wildman–Crippen LogP) is 0.724. The van der Waals surface area contributed by atoms with Crippen molar-refractivity contribution in [2.24, 2.45) is 0 Å². The van der Waals surface area contributed by atoms with Crippen molar-refractivity contribution >= 4 is 11.6 Å². The number of hydrogen-bond donors (Lipinski definition) is 2. The topological polar surface area (TPSA) is 44.4 Å². The molecule has 2 heterocycles. The van der Waals surface area contributed by atoms with Gasteiger partial charge in [0.15, 0.2) is 0 Å². The van der Waals surface area contributed by atoms with Gasteiger partial charge < -0.3 is 10.6 Å². The van der Waals surface area contributed by atoms with E-state index in [9.17, 15) is 9.18 Å². The molecule has 0 aromatic heterocycles. The number of para-hydroxylation sites is 1. The number of fused-ring (bicyclic) bond motifs is 1. The van der Waals surface area contributed by atoms with Crippen LogP contribution in [0, 0.1) is 5.82 Å². The molecule has 3 rings (SSSR count). The highest BCUT2D eigenvalue weighted by molar-refractivity contribution is 6.02. The van der Waals surface area contributed by atoms with Crippen LogP contribution in [0.1, 0.15) is 11.6 Å². The van der Waals surface area contributed by atoms with E-state index in [4.69, 9.17) is 0 Å². The van der Waals surface area contributed by atoms with Gasteiger partial charge >= 0.3 is 0 Å². The number of carbonyl (C=O) groups excluding carboxylic acids is 1. The molecule has 1 amide bonds. The molecule has 1 aromatic carbocycles. The Kier molecular flexibility index (Phi) is 2.57. The van der Waals surface area contributed by atoms with Crippen molar-refractivity contribution in [3.63, 3.8) is 0 Å². The first-order valence-corrected chi connectivity index (χ1v) is 5.81. The number of hydrogen-bond acceptors (Lipinski definition) is 3. The third-order valence-corrected chi connectivity index (χ3v) is 3.35. The molecule has 1 aromatic rings. The summed E-state index contributed by atoms with van der Waals surface area (Å²) >= 11 is 0. The molecule has 1 unspecified atom stereocenters. The Balaban J connectivity index is 1.96. The van der Waals surface area contributed by atoms with E-state index in [2.05, 4.69) is 15.5 Å². The lowest BCUT2D eigenvalue weighted by Gasteiger charge is -2.31. The monoisotopic (exact) mass is 235 g/mol. The third-order valence-electron chi connectivity index (χ3n) is 3.35. The molecule has 0 bridgehead atoms. The average Bonchev–Trinajstić information content (AvgIpc) is 2.68. The van der Waals surface area contributed by atoms with Gasteiger partial charge in [-0.1, -0.05) is 12.1 Å². The van der Waals surface area contributed by atoms with Gasteiger partial charge in [-0.2, -0.15) is 0 Å². The van der Waals surface area contributed by atoms with Crippen molar-refractivity contribution in [3.05, 3.63) is 29.6 Å². The SMILES string of the molecule is O=C1Nc2c(F)cccc2C1N1CCNCC1. The van der Waals surface area contributed by atoms with Crippen LogP contribution in [0.2, 0.25) is 0 Å². The highest BCUT2D eigenvalue weighted by Crippen LogP contribution is 2.36. The number of nitrogens with one attached hydrogen (secondary N) is 2. The Labute approximate surface area is 98.8 Å². The van der Waals surface area contributed by atoms with Crippen LogP contribution in [-0.2, 0) is 4.79 Å². The summed E-state index contributed by atoms with van der Waals surface area (Å²) in [6.45, 7) is 3.37. The first-order valence-electron chi connectivity index (χ1n) is 5.81. The quantitative estimate of drug-likeness (QED) is 0.754. The predicted molar refractivity (Wildman–Crippen MR) is 62.2 cm³/mol. The summed E-state index contributed by atoms with van der Waals surface area (Å²) in [6.07, 6.45) is 0. The van der Waals surface area contributed by atoms with E-state index in [1.807, 2.05) is 6.07 Å². The van der Waals surface area contributed by atoms with Gasteiger partial charge in [-0.3, -0.25) is 9.69 Å². The van der Waals surface area contributed by atoms with Crippen molar-refractivity contribution < 1.29 is 9.18 Å². The minimum Gasteiger partial charge on any atom is -0.322 e. The number of amides is 1. The van der Waals surface area contributed by atoms with Gasteiger partial charge in [-0.05, 0) is 6.07 Å². The molecule has 1 atom stereocenters. The standard InChI is InChI=1S/C12H14FN3O/c13-9-3-1-2-8-10(9)15-12(17)11(8)16-6-4-14-5-7-16/h1-3,11,14H,4-7H2,(H,15,17). The third kappa shape index (κ3) is 1.71. The molecule has 2 aliphatic rings. The molecule has 1 fully saturated rings. The second kappa shape index (κ2) is 4.09. The molecule has 1 saturated heterocycles. The lowest BCUT2D eigenvalue weighted by atomic mass is 10.1. The minimum absolute atomic E-state index is 0.119. The van der Waals surface area contributed by atoms with Crippen molar-refractivity contribution in [2.45, 2.75) is 6.04 Å². The van der Waals surface area contributed by atoms with Gasteiger partial charge in [0.05, 0.1) is 5.69 Å². The largest absolute Gasteiger partial charge is 0.322 e. The Morgan fingerprint density at radius 2 is 2.06 bits per heavy atom. The molecule has 0 saturated carbocycles. The molecule has 2 aliphatic heterocycles. The van der Waals surface area contributed by atoms with E-state index in [0.717, 1.165) is 31.7 Å². The summed E-state index contributed by atoms with van der Waals surface area (Å²) in [6, 6.07) is 4.52. The van der Waals surface area contributed by atoms with Crippen molar-refractivity contribution in [1.82, 2.24) is 10.2 Å². The summed E-state index contributed by atoms with van der Waals surface area (Å²) < 4.78 is 13.6. The number of rotatable bonds is 1. The zero-order chi connectivity index (χ0) is 11.8. The summed E-state index contributed by atoms with van der Waals surface area (Å²) in [5.74, 6) is -0.472. The maximum absolute atomic E-state index is 13.6. The number of carbonyl (C=O) groups is 1. The van der Waals surface area contributed by atoms with Crippen LogP contribution in [0.15, 0.2) is 18.2 Å². The van der Waals surface area contributed by atoms with Crippen LogP contribution in [0.5, 0.6) is 0 Å². The van der Waals surface area contributed by atoms with Crippen LogP contribution in [0.4, 0.5) is 10.1 Å². The molecule has 4 nitrogen and oxygen atoms in total. The highest BCUT2D eigenvalue weighted by atomic mass is 19.1. The normalized spacial score (nSPS) is 24.5. The lowest BCUT2D eigenvalue weighted by Crippen LogP contribution is -2.46. The molecule has 90 valence electrons. The molecule has 17 heavy (non-hydrogen) atoms. The van der Waals surface area contributed by atoms with Crippen molar-refractivity contribution in [1.29, 1.82) is 0 Å². The smallest absolute Gasteiger partial charge is 0.246 e. The number of anilines is 1. The molecule has 0 aliphatic carbocycles. The fourth-order valence-electron chi connectivity index (χ4n) is 2.54. The molecule has 5 heteroatoms. The number of nitrogens with zero attached hydrogens (tertiary/aromatic N) is 1. The summed E-state index contributed by atoms with van der Waals surface area (Å²) in [7, 11) is 0. The van der Waals surface area contributed by atoms with E-state index in [0.29, 0.717) is 5.69 Å². The van der Waals surface area contributed by atoms with Gasteiger partial charge in [0.2, 0.25) is 5.91 Å². The number of benzene rings is 1. The molecular weight excluding hydrogens is 221 g/mol. The lowest BCUT2D eigenvalue weighted by molar-refractivity contribution is -0.121. The van der Waals surface area contributed by atoms with E-state index < -0.39 is 0 Å². The van der Waals surface area contributed by atoms with Crippen LogP contribution in [0.25, 0.3) is 0 Å². The first kappa shape index (κ1) is 10.7. The van der Waals surface area contributed by atoms with Crippen LogP contribution < -0.4 is 10.6 Å². The Hall–Kier alpha value is -1.46. The van der Waals surface area contributed by atoms with Gasteiger partial charge in [-0.15, -0.1) is 0 Å². The van der Waals surface area contributed by atoms with Crippen LogP contribution in [-0.4, -0.2) is 37.0 Å². The van der Waals surface area contributed by atoms with E-state index >= 15 is 0 Å². The Morgan fingerprint density at radius 1 is 1.29 bits per heavy atom. The fourth-order valence-corrected chi connectivity index (χ4v) is 2.54. The zero-order valence-corrected chi connectivity index (χ0v) is 9.37. The molecular formula is C12H14FN3O. The van der Waals surface area contributed by atoms with E-state index in [1.54, 1.807) is 6.07 Å². The maximum atomic E-state index is 13.6. The highest BCUT2D eigenvalue weighted by Gasteiger charge is 2.36. The Morgan fingerprint density at radius 3 is 2.82 bits per heavy atom. The van der Waals surface area contributed by atoms with Crippen LogP contribution in [0.3, 0.4) is 0 Å². The maximum Gasteiger partial charge on any atom is 0.246 e. The second-order valence-corrected chi connectivity index (χ2v) is 4.38. The van der Waals surface area contributed by atoms with E-state index in [-0.39, 0.29) is 17.8 Å². The fraction of sp³-hybridized carbons (Fsp3) is 0.417. The van der Waals surface area contributed by atoms with Crippen molar-refractivity contribution in [2.75, 3.05) is 31.5 Å². The Bertz CT molecular complexity index is 457. The first-order chi connectivity index (χ1) is 8.27. The second-order valence-electron chi connectivity index (χ2n) is 4.38. The van der Waals surface area contributed by atoms with Gasteiger partial charge in [-0.25, -0.2) is 4.39 Å².